The monoisotopic (exact) mass is 354 g/mol. The minimum absolute atomic E-state index is 0.0344. The summed E-state index contributed by atoms with van der Waals surface area (Å²) < 4.78 is 0. The van der Waals surface area contributed by atoms with E-state index < -0.39 is 0 Å². The highest BCUT2D eigenvalue weighted by molar-refractivity contribution is 7.11. The fraction of sp³-hybridized carbons (Fsp3) is 0.300. The van der Waals surface area contributed by atoms with Gasteiger partial charge in [0, 0.05) is 38.0 Å². The van der Waals surface area contributed by atoms with Crippen molar-refractivity contribution in [2.45, 2.75) is 13.8 Å². The van der Waals surface area contributed by atoms with Crippen LogP contribution < -0.4 is 0 Å². The Hall–Kier alpha value is -2.40. The van der Waals surface area contributed by atoms with E-state index in [1.54, 1.807) is 23.2 Å². The number of aryl methyl sites for hydroxylation is 1. The number of amides is 2. The van der Waals surface area contributed by atoms with Gasteiger partial charge < -0.3 is 9.80 Å². The summed E-state index contributed by atoms with van der Waals surface area (Å²) >= 11 is 1.57. The van der Waals surface area contributed by atoms with Gasteiger partial charge in [-0.25, -0.2) is 0 Å². The van der Waals surface area contributed by atoms with Crippen LogP contribution in [0.15, 0.2) is 41.8 Å². The maximum absolute atomic E-state index is 13.1. The van der Waals surface area contributed by atoms with Gasteiger partial charge in [-0.15, -0.1) is 11.3 Å². The van der Waals surface area contributed by atoms with Gasteiger partial charge >= 0.3 is 0 Å². The van der Waals surface area contributed by atoms with Crippen molar-refractivity contribution < 1.29 is 9.59 Å². The lowest BCUT2D eigenvalue weighted by Crippen LogP contribution is -2.50. The number of rotatable bonds is 3. The van der Waals surface area contributed by atoms with Crippen molar-refractivity contribution in [2.75, 3.05) is 26.2 Å². The minimum atomic E-state index is 0.0344. The van der Waals surface area contributed by atoms with Crippen LogP contribution in [0.5, 0.6) is 0 Å². The van der Waals surface area contributed by atoms with Crippen LogP contribution in [0.25, 0.3) is 11.6 Å². The Kier molecular flexibility index (Phi) is 5.34. The first kappa shape index (κ1) is 17.4. The second kappa shape index (κ2) is 7.66. The number of hydrogen-bond acceptors (Lipinski definition) is 3. The minimum Gasteiger partial charge on any atom is -0.339 e. The van der Waals surface area contributed by atoms with Crippen LogP contribution in [-0.4, -0.2) is 47.8 Å². The Morgan fingerprint density at radius 1 is 1.04 bits per heavy atom. The predicted molar refractivity (Wildman–Crippen MR) is 102 cm³/mol. The SMILES string of the molecule is CC(=O)N1CCN(C(=O)/C(=C\c2cccc(C)c2)c2cccs2)CC1. The number of piperazine rings is 1. The molecule has 1 aromatic carbocycles. The third kappa shape index (κ3) is 4.17. The zero-order valence-electron chi connectivity index (χ0n) is 14.6. The van der Waals surface area contributed by atoms with Gasteiger partial charge in [-0.05, 0) is 30.0 Å². The largest absolute Gasteiger partial charge is 0.339 e. The van der Waals surface area contributed by atoms with Crippen molar-refractivity contribution in [1.29, 1.82) is 0 Å². The van der Waals surface area contributed by atoms with Gasteiger partial charge in [0.25, 0.3) is 5.91 Å². The summed E-state index contributed by atoms with van der Waals surface area (Å²) in [7, 11) is 0. The smallest absolute Gasteiger partial charge is 0.255 e. The number of benzene rings is 1. The van der Waals surface area contributed by atoms with Crippen LogP contribution >= 0.6 is 11.3 Å². The quantitative estimate of drug-likeness (QED) is 0.794. The van der Waals surface area contributed by atoms with Gasteiger partial charge in [-0.1, -0.05) is 35.9 Å². The van der Waals surface area contributed by atoms with Crippen LogP contribution in [-0.2, 0) is 9.59 Å². The van der Waals surface area contributed by atoms with Crippen LogP contribution in [0.3, 0.4) is 0 Å². The molecule has 2 heterocycles. The lowest BCUT2D eigenvalue weighted by molar-refractivity contribution is -0.135. The molecule has 1 aliphatic heterocycles. The molecule has 130 valence electrons. The number of carbonyl (C=O) groups is 2. The molecule has 0 bridgehead atoms. The summed E-state index contributed by atoms with van der Waals surface area (Å²) in [6.07, 6.45) is 1.97. The highest BCUT2D eigenvalue weighted by Gasteiger charge is 2.25. The normalized spacial score (nSPS) is 15.4. The van der Waals surface area contributed by atoms with E-state index >= 15 is 0 Å². The molecule has 3 rings (SSSR count). The third-order valence-corrected chi connectivity index (χ3v) is 5.29. The summed E-state index contributed by atoms with van der Waals surface area (Å²) in [5, 5.41) is 1.99. The molecule has 25 heavy (non-hydrogen) atoms. The third-order valence-electron chi connectivity index (χ3n) is 4.38. The lowest BCUT2D eigenvalue weighted by atomic mass is 10.1. The molecule has 0 N–H and O–H groups in total. The van der Waals surface area contributed by atoms with Gasteiger partial charge in [0.15, 0.2) is 0 Å². The van der Waals surface area contributed by atoms with Gasteiger partial charge in [-0.3, -0.25) is 9.59 Å². The molecule has 1 saturated heterocycles. The predicted octanol–water partition coefficient (Wildman–Crippen LogP) is 3.29. The van der Waals surface area contributed by atoms with E-state index in [0.717, 1.165) is 16.0 Å². The molecular weight excluding hydrogens is 332 g/mol. The second-order valence-electron chi connectivity index (χ2n) is 6.25. The van der Waals surface area contributed by atoms with Crippen molar-refractivity contribution in [3.63, 3.8) is 0 Å². The van der Waals surface area contributed by atoms with E-state index in [4.69, 9.17) is 0 Å². The Labute approximate surface area is 152 Å². The summed E-state index contributed by atoms with van der Waals surface area (Å²) in [6.45, 7) is 5.98. The molecule has 0 unspecified atom stereocenters. The van der Waals surface area contributed by atoms with Crippen molar-refractivity contribution in [3.8, 4) is 0 Å². The van der Waals surface area contributed by atoms with Crippen molar-refractivity contribution in [3.05, 3.63) is 57.8 Å². The molecule has 2 aromatic rings. The first-order valence-corrected chi connectivity index (χ1v) is 9.29. The van der Waals surface area contributed by atoms with Gasteiger partial charge in [0.1, 0.15) is 0 Å². The Morgan fingerprint density at radius 2 is 1.76 bits per heavy atom. The van der Waals surface area contributed by atoms with Crippen LogP contribution in [0.2, 0.25) is 0 Å². The molecule has 0 saturated carbocycles. The fourth-order valence-electron chi connectivity index (χ4n) is 2.99. The standard InChI is InChI=1S/C20H22N2O2S/c1-15-5-3-6-17(13-15)14-18(19-7-4-12-25-19)20(24)22-10-8-21(9-11-22)16(2)23/h3-7,12-14H,8-11H2,1-2H3/b18-14-. The number of hydrogen-bond donors (Lipinski definition) is 0. The highest BCUT2D eigenvalue weighted by atomic mass is 32.1. The average molecular weight is 354 g/mol. The fourth-order valence-corrected chi connectivity index (χ4v) is 3.73. The topological polar surface area (TPSA) is 40.6 Å². The first-order chi connectivity index (χ1) is 12.0. The van der Waals surface area contributed by atoms with Gasteiger partial charge in [-0.2, -0.15) is 0 Å². The molecule has 1 fully saturated rings. The second-order valence-corrected chi connectivity index (χ2v) is 7.20. The maximum Gasteiger partial charge on any atom is 0.255 e. The van der Waals surface area contributed by atoms with Gasteiger partial charge in [0.2, 0.25) is 5.91 Å². The lowest BCUT2D eigenvalue weighted by Gasteiger charge is -2.34. The molecule has 1 aromatic heterocycles. The first-order valence-electron chi connectivity index (χ1n) is 8.41. The van der Waals surface area contributed by atoms with E-state index in [-0.39, 0.29) is 11.8 Å². The molecule has 0 atom stereocenters. The van der Waals surface area contributed by atoms with Crippen LogP contribution in [0, 0.1) is 6.92 Å². The molecule has 0 radical (unpaired) electrons. The summed E-state index contributed by atoms with van der Waals surface area (Å²) in [5.41, 5.74) is 2.91. The Morgan fingerprint density at radius 3 is 2.36 bits per heavy atom. The molecule has 0 spiro atoms. The van der Waals surface area contributed by atoms with E-state index in [0.29, 0.717) is 26.2 Å². The van der Waals surface area contributed by atoms with Crippen molar-refractivity contribution >= 4 is 34.8 Å². The molecular formula is C20H22N2O2S. The summed E-state index contributed by atoms with van der Waals surface area (Å²) in [5.74, 6) is 0.105. The number of thiophene rings is 1. The van der Waals surface area contributed by atoms with Gasteiger partial charge in [0.05, 0.1) is 5.57 Å². The Bertz CT molecular complexity index is 788. The van der Waals surface area contributed by atoms with E-state index in [1.165, 1.54) is 5.56 Å². The molecule has 4 nitrogen and oxygen atoms in total. The van der Waals surface area contributed by atoms with E-state index in [1.807, 2.05) is 53.6 Å². The average Bonchev–Trinajstić information content (AvgIpc) is 3.13. The molecule has 1 aliphatic rings. The maximum atomic E-state index is 13.1. The summed E-state index contributed by atoms with van der Waals surface area (Å²) in [4.78, 5) is 29.2. The van der Waals surface area contributed by atoms with Crippen molar-refractivity contribution in [1.82, 2.24) is 9.80 Å². The number of carbonyl (C=O) groups excluding carboxylic acids is 2. The zero-order valence-corrected chi connectivity index (χ0v) is 15.4. The highest BCUT2D eigenvalue weighted by Crippen LogP contribution is 2.26. The van der Waals surface area contributed by atoms with E-state index in [2.05, 4.69) is 6.07 Å². The van der Waals surface area contributed by atoms with E-state index in [9.17, 15) is 9.59 Å². The van der Waals surface area contributed by atoms with Crippen molar-refractivity contribution in [2.24, 2.45) is 0 Å². The number of nitrogens with zero attached hydrogens (tertiary/aromatic N) is 2. The van der Waals surface area contributed by atoms with Crippen LogP contribution in [0.4, 0.5) is 0 Å². The zero-order chi connectivity index (χ0) is 17.8. The molecule has 5 heteroatoms. The Balaban J connectivity index is 1.86. The molecule has 2 amide bonds. The summed E-state index contributed by atoms with van der Waals surface area (Å²) in [6, 6.07) is 12.1. The van der Waals surface area contributed by atoms with Crippen LogP contribution in [0.1, 0.15) is 22.9 Å². The molecule has 0 aliphatic carbocycles.